The lowest BCUT2D eigenvalue weighted by Gasteiger charge is -2.27. The van der Waals surface area contributed by atoms with Crippen molar-refractivity contribution < 1.29 is 4.79 Å². The van der Waals surface area contributed by atoms with Gasteiger partial charge in [-0.05, 0) is 43.2 Å². The van der Waals surface area contributed by atoms with Crippen LogP contribution in [-0.2, 0) is 17.6 Å². The fraction of sp³-hybridized carbons (Fsp3) is 0.611. The second-order valence-electron chi connectivity index (χ2n) is 6.38. The summed E-state index contributed by atoms with van der Waals surface area (Å²) in [6, 6.07) is 9.14. The summed E-state index contributed by atoms with van der Waals surface area (Å²) < 4.78 is 0. The summed E-state index contributed by atoms with van der Waals surface area (Å²) in [4.78, 5) is 14.4. The van der Waals surface area contributed by atoms with Crippen molar-refractivity contribution >= 4 is 5.91 Å². The second kappa shape index (κ2) is 7.08. The Morgan fingerprint density at radius 3 is 2.57 bits per heavy atom. The van der Waals surface area contributed by atoms with Gasteiger partial charge in [-0.15, -0.1) is 0 Å². The van der Waals surface area contributed by atoms with Crippen LogP contribution >= 0.6 is 0 Å². The van der Waals surface area contributed by atoms with Crippen molar-refractivity contribution in [3.63, 3.8) is 0 Å². The Kier molecular flexibility index (Phi) is 4.91. The highest BCUT2D eigenvalue weighted by Crippen LogP contribution is 2.21. The summed E-state index contributed by atoms with van der Waals surface area (Å²) in [6.45, 7) is 2.41. The molecule has 3 nitrogen and oxygen atoms in total. The quantitative estimate of drug-likeness (QED) is 0.926. The standard InChI is InChI=1S/C18H26N2O/c21-18(20-11-5-1-2-6-12-20)14-19-17-10-9-15-7-3-4-8-16(15)13-17/h3-4,7-8,17,19H,1-2,5-6,9-14H2. The Labute approximate surface area is 127 Å². The van der Waals surface area contributed by atoms with Gasteiger partial charge in [0, 0.05) is 19.1 Å². The first kappa shape index (κ1) is 14.6. The van der Waals surface area contributed by atoms with Crippen LogP contribution in [0.25, 0.3) is 0 Å². The SMILES string of the molecule is O=C(CNC1CCc2ccccc2C1)N1CCCCCC1. The van der Waals surface area contributed by atoms with Gasteiger partial charge < -0.3 is 10.2 Å². The number of carbonyl (C=O) groups is 1. The third kappa shape index (κ3) is 3.85. The van der Waals surface area contributed by atoms with Crippen molar-refractivity contribution in [2.24, 2.45) is 0 Å². The predicted octanol–water partition coefficient (Wildman–Crippen LogP) is 2.54. The van der Waals surface area contributed by atoms with Crippen molar-refractivity contribution in [3.05, 3.63) is 35.4 Å². The van der Waals surface area contributed by atoms with Crippen LogP contribution in [0.15, 0.2) is 24.3 Å². The molecule has 1 heterocycles. The van der Waals surface area contributed by atoms with E-state index in [2.05, 4.69) is 34.5 Å². The number of hydrogen-bond donors (Lipinski definition) is 1. The maximum atomic E-state index is 12.3. The number of fused-ring (bicyclic) bond motifs is 1. The molecule has 1 aliphatic heterocycles. The van der Waals surface area contributed by atoms with E-state index in [4.69, 9.17) is 0 Å². The van der Waals surface area contributed by atoms with E-state index in [9.17, 15) is 4.79 Å². The van der Waals surface area contributed by atoms with Crippen molar-refractivity contribution in [2.45, 2.75) is 51.0 Å². The predicted molar refractivity (Wildman–Crippen MR) is 85.3 cm³/mol. The number of carbonyl (C=O) groups excluding carboxylic acids is 1. The van der Waals surface area contributed by atoms with Gasteiger partial charge in [0.05, 0.1) is 6.54 Å². The number of amides is 1. The summed E-state index contributed by atoms with van der Waals surface area (Å²) in [5.74, 6) is 0.288. The minimum absolute atomic E-state index is 0.288. The molecule has 0 aromatic heterocycles. The van der Waals surface area contributed by atoms with Crippen LogP contribution in [0.2, 0.25) is 0 Å². The Balaban J connectivity index is 1.48. The van der Waals surface area contributed by atoms with Crippen molar-refractivity contribution in [2.75, 3.05) is 19.6 Å². The average molecular weight is 286 g/mol. The van der Waals surface area contributed by atoms with E-state index in [-0.39, 0.29) is 5.91 Å². The zero-order valence-corrected chi connectivity index (χ0v) is 12.8. The Morgan fingerprint density at radius 1 is 1.10 bits per heavy atom. The number of nitrogens with zero attached hydrogens (tertiary/aromatic N) is 1. The fourth-order valence-electron chi connectivity index (χ4n) is 3.54. The topological polar surface area (TPSA) is 32.3 Å². The van der Waals surface area contributed by atoms with Crippen LogP contribution in [-0.4, -0.2) is 36.5 Å². The number of nitrogens with one attached hydrogen (secondary N) is 1. The molecule has 3 rings (SSSR count). The Hall–Kier alpha value is -1.35. The van der Waals surface area contributed by atoms with Crippen molar-refractivity contribution in [3.8, 4) is 0 Å². The van der Waals surface area contributed by atoms with Crippen LogP contribution in [0.1, 0.15) is 43.2 Å². The molecule has 0 bridgehead atoms. The smallest absolute Gasteiger partial charge is 0.236 e. The van der Waals surface area contributed by atoms with E-state index in [1.807, 2.05) is 0 Å². The van der Waals surface area contributed by atoms with E-state index in [0.29, 0.717) is 12.6 Å². The molecule has 1 aliphatic carbocycles. The lowest BCUT2D eigenvalue weighted by Crippen LogP contribution is -2.43. The maximum Gasteiger partial charge on any atom is 0.236 e. The molecule has 0 saturated carbocycles. The van der Waals surface area contributed by atoms with Gasteiger partial charge in [0.15, 0.2) is 0 Å². The lowest BCUT2D eigenvalue weighted by molar-refractivity contribution is -0.130. The summed E-state index contributed by atoms with van der Waals surface area (Å²) in [5.41, 5.74) is 2.93. The fourth-order valence-corrected chi connectivity index (χ4v) is 3.54. The molecule has 1 fully saturated rings. The van der Waals surface area contributed by atoms with Crippen LogP contribution in [0, 0.1) is 0 Å². The van der Waals surface area contributed by atoms with Gasteiger partial charge in [-0.1, -0.05) is 37.1 Å². The third-order valence-corrected chi connectivity index (χ3v) is 4.85. The average Bonchev–Trinajstić information content (AvgIpc) is 2.81. The molecule has 114 valence electrons. The van der Waals surface area contributed by atoms with E-state index >= 15 is 0 Å². The Morgan fingerprint density at radius 2 is 1.81 bits per heavy atom. The normalized spacial score (nSPS) is 22.5. The highest BCUT2D eigenvalue weighted by atomic mass is 16.2. The van der Waals surface area contributed by atoms with Gasteiger partial charge in [0.1, 0.15) is 0 Å². The molecule has 1 amide bonds. The van der Waals surface area contributed by atoms with Crippen molar-refractivity contribution in [1.29, 1.82) is 0 Å². The van der Waals surface area contributed by atoms with E-state index < -0.39 is 0 Å². The third-order valence-electron chi connectivity index (χ3n) is 4.85. The monoisotopic (exact) mass is 286 g/mol. The van der Waals surface area contributed by atoms with Crippen molar-refractivity contribution in [1.82, 2.24) is 10.2 Å². The highest BCUT2D eigenvalue weighted by Gasteiger charge is 2.20. The van der Waals surface area contributed by atoms with E-state index in [0.717, 1.165) is 32.4 Å². The number of benzene rings is 1. The molecule has 1 saturated heterocycles. The van der Waals surface area contributed by atoms with Gasteiger partial charge in [-0.3, -0.25) is 4.79 Å². The van der Waals surface area contributed by atoms with E-state index in [1.165, 1.54) is 36.8 Å². The second-order valence-corrected chi connectivity index (χ2v) is 6.38. The first-order valence-electron chi connectivity index (χ1n) is 8.41. The van der Waals surface area contributed by atoms with Gasteiger partial charge in [-0.25, -0.2) is 0 Å². The highest BCUT2D eigenvalue weighted by molar-refractivity contribution is 5.78. The molecule has 3 heteroatoms. The molecular formula is C18H26N2O. The lowest BCUT2D eigenvalue weighted by atomic mass is 9.88. The first-order valence-corrected chi connectivity index (χ1v) is 8.41. The van der Waals surface area contributed by atoms with Crippen LogP contribution in [0.5, 0.6) is 0 Å². The summed E-state index contributed by atoms with van der Waals surface area (Å²) in [7, 11) is 0. The number of hydrogen-bond acceptors (Lipinski definition) is 2. The number of likely N-dealkylation sites (tertiary alicyclic amines) is 1. The Bertz CT molecular complexity index is 478. The van der Waals surface area contributed by atoms with Gasteiger partial charge in [0.2, 0.25) is 5.91 Å². The molecule has 0 spiro atoms. The van der Waals surface area contributed by atoms with Crippen LogP contribution in [0.3, 0.4) is 0 Å². The molecule has 1 aromatic carbocycles. The van der Waals surface area contributed by atoms with Gasteiger partial charge in [-0.2, -0.15) is 0 Å². The zero-order valence-electron chi connectivity index (χ0n) is 12.8. The zero-order chi connectivity index (χ0) is 14.5. The molecule has 0 radical (unpaired) electrons. The molecule has 1 unspecified atom stereocenters. The minimum Gasteiger partial charge on any atom is -0.342 e. The first-order chi connectivity index (χ1) is 10.3. The molecule has 21 heavy (non-hydrogen) atoms. The summed E-state index contributed by atoms with van der Waals surface area (Å²) >= 11 is 0. The van der Waals surface area contributed by atoms with E-state index in [1.54, 1.807) is 0 Å². The summed E-state index contributed by atoms with van der Waals surface area (Å²) in [5, 5.41) is 3.49. The van der Waals surface area contributed by atoms with Crippen LogP contribution in [0.4, 0.5) is 0 Å². The molecular weight excluding hydrogens is 260 g/mol. The maximum absolute atomic E-state index is 12.3. The molecule has 1 aromatic rings. The minimum atomic E-state index is 0.288. The molecule has 1 N–H and O–H groups in total. The van der Waals surface area contributed by atoms with Gasteiger partial charge >= 0.3 is 0 Å². The largest absolute Gasteiger partial charge is 0.342 e. The van der Waals surface area contributed by atoms with Crippen LogP contribution < -0.4 is 5.32 Å². The number of rotatable bonds is 3. The van der Waals surface area contributed by atoms with Gasteiger partial charge in [0.25, 0.3) is 0 Å². The molecule has 2 aliphatic rings. The molecule has 1 atom stereocenters. The summed E-state index contributed by atoms with van der Waals surface area (Å²) in [6.07, 6.45) is 8.22. The number of aryl methyl sites for hydroxylation is 1.